The Balaban J connectivity index is 1.95. The maximum Gasteiger partial charge on any atom is 0.132 e. The summed E-state index contributed by atoms with van der Waals surface area (Å²) < 4.78 is 0. The first-order valence-electron chi connectivity index (χ1n) is 7.72. The molecular weight excluding hydrogens is 286 g/mol. The first-order chi connectivity index (χ1) is 11.2. The molecule has 0 amide bonds. The standard InChI is InChI=1S/C19H23N3O/c1-3-4-8-17(15-23)20-13-16-11-12-19(21-14-16)22(2)18-9-6-5-7-10-18/h5-7,9-12,14,17,20,23H,8,13,15H2,1-2H3. The van der Waals surface area contributed by atoms with Crippen molar-refractivity contribution in [2.24, 2.45) is 0 Å². The smallest absolute Gasteiger partial charge is 0.132 e. The Morgan fingerprint density at radius 2 is 2.00 bits per heavy atom. The Morgan fingerprint density at radius 1 is 1.22 bits per heavy atom. The second kappa shape index (κ2) is 8.94. The summed E-state index contributed by atoms with van der Waals surface area (Å²) >= 11 is 0. The van der Waals surface area contributed by atoms with E-state index in [0.717, 1.165) is 17.1 Å². The van der Waals surface area contributed by atoms with Gasteiger partial charge in [-0.05, 0) is 30.7 Å². The number of rotatable bonds is 7. The van der Waals surface area contributed by atoms with Crippen molar-refractivity contribution in [1.82, 2.24) is 10.3 Å². The predicted octanol–water partition coefficient (Wildman–Crippen LogP) is 2.71. The zero-order chi connectivity index (χ0) is 16.5. The summed E-state index contributed by atoms with van der Waals surface area (Å²) in [6.07, 6.45) is 2.51. The van der Waals surface area contributed by atoms with E-state index in [0.29, 0.717) is 13.0 Å². The first kappa shape index (κ1) is 17.0. The van der Waals surface area contributed by atoms with Crippen LogP contribution in [0.3, 0.4) is 0 Å². The van der Waals surface area contributed by atoms with Gasteiger partial charge in [-0.15, -0.1) is 11.8 Å². The Kier molecular flexibility index (Phi) is 6.61. The van der Waals surface area contributed by atoms with Gasteiger partial charge in [-0.3, -0.25) is 0 Å². The van der Waals surface area contributed by atoms with E-state index in [4.69, 9.17) is 0 Å². The average molecular weight is 309 g/mol. The van der Waals surface area contributed by atoms with E-state index in [1.165, 1.54) is 0 Å². The van der Waals surface area contributed by atoms with Crippen molar-refractivity contribution in [3.63, 3.8) is 0 Å². The number of pyridine rings is 1. The number of aromatic nitrogens is 1. The zero-order valence-corrected chi connectivity index (χ0v) is 13.7. The molecule has 0 saturated heterocycles. The monoisotopic (exact) mass is 309 g/mol. The van der Waals surface area contributed by atoms with Crippen LogP contribution in [0, 0.1) is 11.8 Å². The van der Waals surface area contributed by atoms with E-state index in [-0.39, 0.29) is 12.6 Å². The van der Waals surface area contributed by atoms with E-state index in [2.05, 4.69) is 40.3 Å². The molecule has 2 aromatic rings. The minimum atomic E-state index is -0.00545. The van der Waals surface area contributed by atoms with Gasteiger partial charge in [0.05, 0.1) is 6.61 Å². The highest BCUT2D eigenvalue weighted by atomic mass is 16.3. The quantitative estimate of drug-likeness (QED) is 0.772. The number of nitrogens with zero attached hydrogens (tertiary/aromatic N) is 2. The molecule has 0 fully saturated rings. The molecule has 0 radical (unpaired) electrons. The summed E-state index contributed by atoms with van der Waals surface area (Å²) in [7, 11) is 2.00. The normalized spacial score (nSPS) is 11.4. The highest BCUT2D eigenvalue weighted by Crippen LogP contribution is 2.20. The molecule has 23 heavy (non-hydrogen) atoms. The lowest BCUT2D eigenvalue weighted by molar-refractivity contribution is 0.243. The van der Waals surface area contributed by atoms with Gasteiger partial charge >= 0.3 is 0 Å². The van der Waals surface area contributed by atoms with Crippen LogP contribution in [0.5, 0.6) is 0 Å². The number of anilines is 2. The minimum Gasteiger partial charge on any atom is -0.395 e. The van der Waals surface area contributed by atoms with Crippen LogP contribution < -0.4 is 10.2 Å². The third-order valence-corrected chi connectivity index (χ3v) is 3.64. The molecule has 1 aromatic carbocycles. The van der Waals surface area contributed by atoms with E-state index in [1.54, 1.807) is 6.92 Å². The van der Waals surface area contributed by atoms with Crippen LogP contribution in [0.4, 0.5) is 11.5 Å². The van der Waals surface area contributed by atoms with Gasteiger partial charge in [0, 0.05) is 37.9 Å². The molecule has 1 atom stereocenters. The molecule has 0 aliphatic rings. The Bertz CT molecular complexity index is 644. The van der Waals surface area contributed by atoms with Crippen molar-refractivity contribution in [1.29, 1.82) is 0 Å². The number of aliphatic hydroxyl groups is 1. The molecular formula is C19H23N3O. The predicted molar refractivity (Wildman–Crippen MR) is 94.5 cm³/mol. The molecule has 4 heteroatoms. The number of benzene rings is 1. The molecule has 2 N–H and O–H groups in total. The Morgan fingerprint density at radius 3 is 2.61 bits per heavy atom. The van der Waals surface area contributed by atoms with Gasteiger partial charge in [0.2, 0.25) is 0 Å². The van der Waals surface area contributed by atoms with Crippen LogP contribution in [0.15, 0.2) is 48.7 Å². The molecule has 0 spiro atoms. The molecule has 2 rings (SSSR count). The lowest BCUT2D eigenvalue weighted by Crippen LogP contribution is -2.31. The molecule has 0 saturated carbocycles. The maximum absolute atomic E-state index is 9.32. The number of nitrogens with one attached hydrogen (secondary N) is 1. The molecule has 4 nitrogen and oxygen atoms in total. The fourth-order valence-corrected chi connectivity index (χ4v) is 2.19. The minimum absolute atomic E-state index is 0.00545. The summed E-state index contributed by atoms with van der Waals surface area (Å²) in [5.74, 6) is 6.73. The fraction of sp³-hybridized carbons (Fsp3) is 0.316. The van der Waals surface area contributed by atoms with E-state index in [9.17, 15) is 5.11 Å². The van der Waals surface area contributed by atoms with Gasteiger partial charge in [-0.2, -0.15) is 0 Å². The molecule has 1 unspecified atom stereocenters. The molecule has 0 aliphatic heterocycles. The fourth-order valence-electron chi connectivity index (χ4n) is 2.19. The van der Waals surface area contributed by atoms with Gasteiger partial charge in [0.25, 0.3) is 0 Å². The van der Waals surface area contributed by atoms with Crippen LogP contribution in [0.1, 0.15) is 18.9 Å². The molecule has 1 heterocycles. The van der Waals surface area contributed by atoms with Crippen molar-refractivity contribution >= 4 is 11.5 Å². The summed E-state index contributed by atoms with van der Waals surface area (Å²) in [5, 5.41) is 12.6. The SMILES string of the molecule is CC#CCC(CO)NCc1ccc(N(C)c2ccccc2)nc1. The van der Waals surface area contributed by atoms with E-state index < -0.39 is 0 Å². The largest absolute Gasteiger partial charge is 0.395 e. The van der Waals surface area contributed by atoms with Crippen LogP contribution >= 0.6 is 0 Å². The van der Waals surface area contributed by atoms with Gasteiger partial charge in [-0.25, -0.2) is 4.98 Å². The lowest BCUT2D eigenvalue weighted by atomic mass is 10.2. The average Bonchev–Trinajstić information content (AvgIpc) is 2.62. The maximum atomic E-state index is 9.32. The highest BCUT2D eigenvalue weighted by molar-refractivity contribution is 5.58. The molecule has 120 valence electrons. The van der Waals surface area contributed by atoms with Crippen LogP contribution in [-0.2, 0) is 6.54 Å². The van der Waals surface area contributed by atoms with Crippen LogP contribution in [0.2, 0.25) is 0 Å². The number of aliphatic hydroxyl groups excluding tert-OH is 1. The summed E-state index contributed by atoms with van der Waals surface area (Å²) in [6, 6.07) is 14.2. The van der Waals surface area contributed by atoms with Crippen molar-refractivity contribution in [3.8, 4) is 11.8 Å². The van der Waals surface area contributed by atoms with Crippen molar-refractivity contribution in [2.45, 2.75) is 25.9 Å². The van der Waals surface area contributed by atoms with E-state index in [1.807, 2.05) is 42.4 Å². The third kappa shape index (κ3) is 5.10. The Labute approximate surface area is 138 Å². The van der Waals surface area contributed by atoms with Gasteiger partial charge in [0.1, 0.15) is 5.82 Å². The van der Waals surface area contributed by atoms with Crippen molar-refractivity contribution < 1.29 is 5.11 Å². The van der Waals surface area contributed by atoms with Crippen LogP contribution in [0.25, 0.3) is 0 Å². The third-order valence-electron chi connectivity index (χ3n) is 3.64. The molecule has 0 aliphatic carbocycles. The van der Waals surface area contributed by atoms with Gasteiger partial charge < -0.3 is 15.3 Å². The summed E-state index contributed by atoms with van der Waals surface area (Å²) in [6.45, 7) is 2.55. The van der Waals surface area contributed by atoms with Gasteiger partial charge in [-0.1, -0.05) is 24.3 Å². The highest BCUT2D eigenvalue weighted by Gasteiger charge is 2.07. The lowest BCUT2D eigenvalue weighted by Gasteiger charge is -2.19. The molecule has 0 bridgehead atoms. The number of hydrogen-bond donors (Lipinski definition) is 2. The second-order valence-electron chi connectivity index (χ2n) is 5.31. The van der Waals surface area contributed by atoms with Crippen molar-refractivity contribution in [3.05, 3.63) is 54.2 Å². The second-order valence-corrected chi connectivity index (χ2v) is 5.31. The van der Waals surface area contributed by atoms with Gasteiger partial charge in [0.15, 0.2) is 0 Å². The van der Waals surface area contributed by atoms with E-state index >= 15 is 0 Å². The molecule has 1 aromatic heterocycles. The number of hydrogen-bond acceptors (Lipinski definition) is 4. The summed E-state index contributed by atoms with van der Waals surface area (Å²) in [4.78, 5) is 6.56. The topological polar surface area (TPSA) is 48.4 Å². The first-order valence-corrected chi connectivity index (χ1v) is 7.72. The van der Waals surface area contributed by atoms with Crippen LogP contribution in [-0.4, -0.2) is 29.8 Å². The Hall–Kier alpha value is -2.35. The zero-order valence-electron chi connectivity index (χ0n) is 13.7. The van der Waals surface area contributed by atoms with Crippen molar-refractivity contribution in [2.75, 3.05) is 18.6 Å². The number of para-hydroxylation sites is 1. The summed E-state index contributed by atoms with van der Waals surface area (Å²) in [5.41, 5.74) is 2.18.